The van der Waals surface area contributed by atoms with Crippen molar-refractivity contribution in [1.82, 2.24) is 19.9 Å². The third-order valence-electron chi connectivity index (χ3n) is 2.49. The Morgan fingerprint density at radius 1 is 1.38 bits per heavy atom. The summed E-state index contributed by atoms with van der Waals surface area (Å²) in [6.07, 6.45) is -3.87. The van der Waals surface area contributed by atoms with Gasteiger partial charge >= 0.3 is 11.9 Å². The summed E-state index contributed by atoms with van der Waals surface area (Å²) in [6.45, 7) is 1.11. The van der Waals surface area contributed by atoms with Crippen molar-refractivity contribution in [2.75, 3.05) is 5.43 Å². The van der Waals surface area contributed by atoms with Crippen molar-refractivity contribution in [2.24, 2.45) is 0 Å². The van der Waals surface area contributed by atoms with Gasteiger partial charge in [-0.25, -0.2) is 9.47 Å². The van der Waals surface area contributed by atoms with Crippen LogP contribution in [0.15, 0.2) is 21.9 Å². The van der Waals surface area contributed by atoms with Crippen LogP contribution in [0, 0.1) is 6.92 Å². The fourth-order valence-corrected chi connectivity index (χ4v) is 1.61. The van der Waals surface area contributed by atoms with Crippen LogP contribution in [-0.4, -0.2) is 25.8 Å². The van der Waals surface area contributed by atoms with Gasteiger partial charge in [-0.1, -0.05) is 0 Å². The second-order valence-corrected chi connectivity index (χ2v) is 3.99. The van der Waals surface area contributed by atoms with Gasteiger partial charge in [-0.2, -0.15) is 18.3 Å². The van der Waals surface area contributed by atoms with Gasteiger partial charge in [0.2, 0.25) is 0 Å². The predicted molar refractivity (Wildman–Crippen MR) is 63.3 cm³/mol. The van der Waals surface area contributed by atoms with Gasteiger partial charge in [0.05, 0.1) is 0 Å². The number of carbonyl (C=O) groups is 1. The van der Waals surface area contributed by atoms with Crippen molar-refractivity contribution in [1.29, 1.82) is 0 Å². The Bertz CT molecular complexity index is 801. The lowest BCUT2D eigenvalue weighted by Crippen LogP contribution is -2.37. The molecule has 8 nitrogen and oxygen atoms in total. The van der Waals surface area contributed by atoms with E-state index >= 15 is 0 Å². The molecule has 0 unspecified atom stereocenters. The number of aromatic nitrogens is 4. The van der Waals surface area contributed by atoms with Gasteiger partial charge in [0, 0.05) is 18.0 Å². The summed E-state index contributed by atoms with van der Waals surface area (Å²) in [5.74, 6) is -1.25. The van der Waals surface area contributed by atoms with E-state index in [0.717, 1.165) is 19.2 Å². The Morgan fingerprint density at radius 2 is 2.05 bits per heavy atom. The molecular formula is C10H8F3N5O3. The standard InChI is InChI=1S/C10H8F3N5O3/c1-4-6(10(11,12)13)7(16-15-4)8(20)17-18-3-2-5(19)14-9(18)21/h2-3H,1H3,(H,15,16)(H,17,20)(H,14,19,21). The maximum atomic E-state index is 12.8. The highest BCUT2D eigenvalue weighted by Gasteiger charge is 2.39. The predicted octanol–water partition coefficient (Wildman–Crippen LogP) is -0.0292. The topological polar surface area (TPSA) is 113 Å². The number of H-pyrrole nitrogens is 2. The molecular weight excluding hydrogens is 295 g/mol. The van der Waals surface area contributed by atoms with Crippen LogP contribution in [0.4, 0.5) is 13.2 Å². The van der Waals surface area contributed by atoms with Gasteiger partial charge in [-0.3, -0.25) is 25.1 Å². The van der Waals surface area contributed by atoms with Crippen molar-refractivity contribution in [3.8, 4) is 0 Å². The second kappa shape index (κ2) is 4.92. The summed E-state index contributed by atoms with van der Waals surface area (Å²) in [6, 6.07) is 0.919. The number of halogens is 3. The summed E-state index contributed by atoms with van der Waals surface area (Å²) in [5.41, 5.74) is -2.28. The lowest BCUT2D eigenvalue weighted by molar-refractivity contribution is -0.138. The monoisotopic (exact) mass is 303 g/mol. The lowest BCUT2D eigenvalue weighted by Gasteiger charge is -2.09. The van der Waals surface area contributed by atoms with Crippen LogP contribution in [0.2, 0.25) is 0 Å². The van der Waals surface area contributed by atoms with Crippen LogP contribution in [-0.2, 0) is 6.18 Å². The lowest BCUT2D eigenvalue weighted by atomic mass is 10.2. The Hall–Kier alpha value is -2.85. The molecule has 11 heteroatoms. The highest BCUT2D eigenvalue weighted by molar-refractivity contribution is 5.99. The smallest absolute Gasteiger partial charge is 0.281 e. The molecule has 0 saturated heterocycles. The number of amides is 1. The van der Waals surface area contributed by atoms with Crippen molar-refractivity contribution >= 4 is 5.91 Å². The average Bonchev–Trinajstić information content (AvgIpc) is 2.74. The zero-order valence-electron chi connectivity index (χ0n) is 10.4. The number of alkyl halides is 3. The Labute approximate surface area is 113 Å². The first-order chi connectivity index (χ1) is 9.70. The van der Waals surface area contributed by atoms with Crippen LogP contribution in [0.1, 0.15) is 21.7 Å². The third kappa shape index (κ3) is 2.85. The van der Waals surface area contributed by atoms with Crippen LogP contribution >= 0.6 is 0 Å². The second-order valence-electron chi connectivity index (χ2n) is 3.99. The molecule has 0 spiro atoms. The van der Waals surface area contributed by atoms with Crippen LogP contribution in [0.25, 0.3) is 0 Å². The molecule has 0 aliphatic carbocycles. The largest absolute Gasteiger partial charge is 0.420 e. The molecule has 2 aromatic rings. The van der Waals surface area contributed by atoms with E-state index in [4.69, 9.17) is 0 Å². The maximum absolute atomic E-state index is 12.8. The molecule has 0 aromatic carbocycles. The van der Waals surface area contributed by atoms with E-state index in [9.17, 15) is 27.6 Å². The Kier molecular flexibility index (Phi) is 3.41. The molecule has 1 amide bonds. The molecule has 2 aromatic heterocycles. The van der Waals surface area contributed by atoms with E-state index in [2.05, 4.69) is 10.2 Å². The number of aromatic amines is 2. The Balaban J connectivity index is 2.38. The van der Waals surface area contributed by atoms with E-state index in [1.165, 1.54) is 0 Å². The van der Waals surface area contributed by atoms with Crippen molar-refractivity contribution in [2.45, 2.75) is 13.1 Å². The van der Waals surface area contributed by atoms with Crippen molar-refractivity contribution in [3.63, 3.8) is 0 Å². The number of carbonyl (C=O) groups excluding carboxylic acids is 1. The van der Waals surface area contributed by atoms with Gasteiger partial charge in [-0.15, -0.1) is 0 Å². The highest BCUT2D eigenvalue weighted by Crippen LogP contribution is 2.33. The first kappa shape index (κ1) is 14.6. The van der Waals surface area contributed by atoms with E-state index < -0.39 is 34.6 Å². The Morgan fingerprint density at radius 3 is 2.62 bits per heavy atom. The van der Waals surface area contributed by atoms with E-state index in [1.807, 2.05) is 10.4 Å². The van der Waals surface area contributed by atoms with E-state index in [-0.39, 0.29) is 5.69 Å². The first-order valence-corrected chi connectivity index (χ1v) is 5.45. The summed E-state index contributed by atoms with van der Waals surface area (Å²) in [4.78, 5) is 35.8. The molecule has 0 saturated carbocycles. The molecule has 0 atom stereocenters. The van der Waals surface area contributed by atoms with Gasteiger partial charge in [0.1, 0.15) is 5.56 Å². The number of hydrogen-bond donors (Lipinski definition) is 3. The minimum absolute atomic E-state index is 0.332. The van der Waals surface area contributed by atoms with Gasteiger partial charge < -0.3 is 0 Å². The molecule has 112 valence electrons. The zero-order valence-corrected chi connectivity index (χ0v) is 10.4. The summed E-state index contributed by atoms with van der Waals surface area (Å²) in [7, 11) is 0. The SMILES string of the molecule is Cc1[nH]nc(C(=O)Nn2ccc(=O)[nH]c2=O)c1C(F)(F)F. The first-order valence-electron chi connectivity index (χ1n) is 5.45. The molecule has 0 aliphatic heterocycles. The average molecular weight is 303 g/mol. The van der Waals surface area contributed by atoms with Gasteiger partial charge in [0.25, 0.3) is 11.5 Å². The summed E-state index contributed by atoms with van der Waals surface area (Å²) < 4.78 is 39.0. The fraction of sp³-hybridized carbons (Fsp3) is 0.200. The molecule has 0 radical (unpaired) electrons. The molecule has 3 N–H and O–H groups in total. The minimum Gasteiger partial charge on any atom is -0.281 e. The minimum atomic E-state index is -4.78. The van der Waals surface area contributed by atoms with Gasteiger partial charge in [0.15, 0.2) is 5.69 Å². The number of hydrogen-bond acceptors (Lipinski definition) is 4. The molecule has 0 fully saturated rings. The molecule has 2 heterocycles. The molecule has 0 aliphatic rings. The number of nitrogens with zero attached hydrogens (tertiary/aromatic N) is 2. The fourth-order valence-electron chi connectivity index (χ4n) is 1.61. The highest BCUT2D eigenvalue weighted by atomic mass is 19.4. The van der Waals surface area contributed by atoms with Crippen molar-refractivity contribution in [3.05, 3.63) is 50.1 Å². The van der Waals surface area contributed by atoms with E-state index in [1.54, 1.807) is 0 Å². The number of aryl methyl sites for hydroxylation is 1. The quantitative estimate of drug-likeness (QED) is 0.723. The third-order valence-corrected chi connectivity index (χ3v) is 2.49. The molecule has 0 bridgehead atoms. The van der Waals surface area contributed by atoms with Crippen LogP contribution < -0.4 is 16.7 Å². The van der Waals surface area contributed by atoms with Gasteiger partial charge in [-0.05, 0) is 6.92 Å². The summed E-state index contributed by atoms with van der Waals surface area (Å²) in [5, 5.41) is 5.34. The number of rotatable bonds is 2. The molecule has 21 heavy (non-hydrogen) atoms. The summed E-state index contributed by atoms with van der Waals surface area (Å²) >= 11 is 0. The maximum Gasteiger partial charge on any atom is 0.420 e. The number of nitrogens with one attached hydrogen (secondary N) is 3. The van der Waals surface area contributed by atoms with Crippen molar-refractivity contribution < 1.29 is 18.0 Å². The van der Waals surface area contributed by atoms with E-state index in [0.29, 0.717) is 4.68 Å². The normalized spacial score (nSPS) is 11.4. The molecule has 2 rings (SSSR count). The zero-order chi connectivity index (χ0) is 15.8. The van der Waals surface area contributed by atoms with Crippen LogP contribution in [0.3, 0.4) is 0 Å². The van der Waals surface area contributed by atoms with Crippen LogP contribution in [0.5, 0.6) is 0 Å².